The SMILES string of the molecule is CCCCCCOc1ccccc1CN(C(=O)c1ccc(-c2ccsc2)cc1)C(O)(O)c1ccccc1.O=CNO. The van der Waals surface area contributed by atoms with Crippen molar-refractivity contribution in [3.8, 4) is 16.9 Å². The van der Waals surface area contributed by atoms with Gasteiger partial charge in [0.1, 0.15) is 5.75 Å². The van der Waals surface area contributed by atoms with E-state index >= 15 is 0 Å². The Hall–Kier alpha value is -4.02. The molecule has 0 saturated carbocycles. The van der Waals surface area contributed by atoms with Crippen molar-refractivity contribution >= 4 is 23.7 Å². The van der Waals surface area contributed by atoms with Gasteiger partial charge in [-0.1, -0.05) is 86.8 Å². The Kier molecular flexibility index (Phi) is 12.5. The number of thiophene rings is 1. The minimum absolute atomic E-state index is 0.0435. The van der Waals surface area contributed by atoms with Crippen LogP contribution in [0.15, 0.2) is 95.7 Å². The summed E-state index contributed by atoms with van der Waals surface area (Å²) < 4.78 is 6.05. The van der Waals surface area contributed by atoms with E-state index in [1.54, 1.807) is 53.8 Å². The third-order valence-electron chi connectivity index (χ3n) is 6.38. The molecule has 8 nitrogen and oxygen atoms in total. The smallest absolute Gasteiger partial charge is 0.278 e. The summed E-state index contributed by atoms with van der Waals surface area (Å²) in [6.45, 7) is 2.69. The highest BCUT2D eigenvalue weighted by Crippen LogP contribution is 2.30. The van der Waals surface area contributed by atoms with Crippen LogP contribution in [0.3, 0.4) is 0 Å². The van der Waals surface area contributed by atoms with Gasteiger partial charge in [0, 0.05) is 16.7 Å². The summed E-state index contributed by atoms with van der Waals surface area (Å²) in [4.78, 5) is 23.7. The Morgan fingerprint density at radius 3 is 2.24 bits per heavy atom. The highest BCUT2D eigenvalue weighted by Gasteiger charge is 2.38. The van der Waals surface area contributed by atoms with Crippen LogP contribution >= 0.6 is 11.3 Å². The van der Waals surface area contributed by atoms with E-state index in [0.717, 1.165) is 41.7 Å². The molecule has 216 valence electrons. The molecule has 0 bridgehead atoms. The minimum atomic E-state index is -2.53. The van der Waals surface area contributed by atoms with Gasteiger partial charge >= 0.3 is 0 Å². The lowest BCUT2D eigenvalue weighted by molar-refractivity contribution is -0.259. The number of nitrogens with one attached hydrogen (secondary N) is 1. The fourth-order valence-corrected chi connectivity index (χ4v) is 4.85. The summed E-state index contributed by atoms with van der Waals surface area (Å²) in [5.74, 6) is -2.39. The highest BCUT2D eigenvalue weighted by molar-refractivity contribution is 7.08. The number of unbranched alkanes of at least 4 members (excludes halogenated alkanes) is 3. The predicted molar refractivity (Wildman–Crippen MR) is 159 cm³/mol. The van der Waals surface area contributed by atoms with Crippen molar-refractivity contribution in [2.75, 3.05) is 6.61 Å². The molecular formula is C32H36N2O6S. The lowest BCUT2D eigenvalue weighted by atomic mass is 10.0. The van der Waals surface area contributed by atoms with Crippen molar-refractivity contribution in [1.82, 2.24) is 10.4 Å². The zero-order valence-corrected chi connectivity index (χ0v) is 23.8. The molecule has 41 heavy (non-hydrogen) atoms. The third kappa shape index (κ3) is 8.99. The van der Waals surface area contributed by atoms with E-state index in [0.29, 0.717) is 23.5 Å². The van der Waals surface area contributed by atoms with Crippen LogP contribution in [-0.2, 0) is 17.3 Å². The molecular weight excluding hydrogens is 540 g/mol. The molecule has 4 rings (SSSR count). The van der Waals surface area contributed by atoms with Crippen LogP contribution in [-0.4, -0.2) is 39.2 Å². The van der Waals surface area contributed by atoms with E-state index < -0.39 is 11.8 Å². The molecule has 0 aliphatic carbocycles. The van der Waals surface area contributed by atoms with E-state index in [4.69, 9.17) is 14.7 Å². The summed E-state index contributed by atoms with van der Waals surface area (Å²) in [7, 11) is 0. The molecule has 1 heterocycles. The van der Waals surface area contributed by atoms with Gasteiger partial charge in [-0.2, -0.15) is 11.3 Å². The zero-order chi connectivity index (χ0) is 29.5. The first-order valence-electron chi connectivity index (χ1n) is 13.4. The largest absolute Gasteiger partial charge is 0.493 e. The van der Waals surface area contributed by atoms with Crippen molar-refractivity contribution in [1.29, 1.82) is 0 Å². The van der Waals surface area contributed by atoms with Crippen LogP contribution in [0, 0.1) is 0 Å². The van der Waals surface area contributed by atoms with Gasteiger partial charge in [0.15, 0.2) is 0 Å². The first-order chi connectivity index (χ1) is 19.9. The average Bonchev–Trinajstić information content (AvgIpc) is 3.56. The lowest BCUT2D eigenvalue weighted by Gasteiger charge is -2.36. The third-order valence-corrected chi connectivity index (χ3v) is 7.06. The van der Waals surface area contributed by atoms with E-state index in [1.807, 2.05) is 53.2 Å². The summed E-state index contributed by atoms with van der Waals surface area (Å²) in [6.07, 6.45) is 4.52. The van der Waals surface area contributed by atoms with E-state index in [2.05, 4.69) is 6.92 Å². The molecule has 0 aliphatic heterocycles. The minimum Gasteiger partial charge on any atom is -0.493 e. The fraction of sp³-hybridized carbons (Fsp3) is 0.250. The monoisotopic (exact) mass is 576 g/mol. The number of hydrogen-bond acceptors (Lipinski definition) is 7. The number of ether oxygens (including phenoxy) is 1. The van der Waals surface area contributed by atoms with Gasteiger partial charge in [-0.25, -0.2) is 5.48 Å². The van der Waals surface area contributed by atoms with Crippen LogP contribution in [0.2, 0.25) is 0 Å². The van der Waals surface area contributed by atoms with Gasteiger partial charge in [-0.3, -0.25) is 19.7 Å². The summed E-state index contributed by atoms with van der Waals surface area (Å²) in [5, 5.41) is 34.0. The highest BCUT2D eigenvalue weighted by atomic mass is 32.1. The Morgan fingerprint density at radius 2 is 1.61 bits per heavy atom. The molecule has 9 heteroatoms. The number of amides is 2. The summed E-state index contributed by atoms with van der Waals surface area (Å²) >= 11 is 1.61. The number of nitrogens with zero attached hydrogens (tertiary/aromatic N) is 1. The van der Waals surface area contributed by atoms with Gasteiger partial charge in [0.2, 0.25) is 6.41 Å². The number of rotatable bonds is 13. The normalized spacial score (nSPS) is 10.7. The Balaban J connectivity index is 0.00000108. The molecule has 0 radical (unpaired) electrons. The maximum atomic E-state index is 13.8. The fourth-order valence-electron chi connectivity index (χ4n) is 4.19. The molecule has 0 spiro atoms. The molecule has 0 aliphatic rings. The van der Waals surface area contributed by atoms with Crippen LogP contribution in [0.5, 0.6) is 5.75 Å². The Morgan fingerprint density at radius 1 is 0.927 bits per heavy atom. The second-order valence-corrected chi connectivity index (χ2v) is 10.0. The van der Waals surface area contributed by atoms with Gasteiger partial charge in [0.25, 0.3) is 11.8 Å². The molecule has 1 aromatic heterocycles. The summed E-state index contributed by atoms with van der Waals surface area (Å²) in [5.41, 5.74) is 4.59. The Labute approximate surface area is 244 Å². The van der Waals surface area contributed by atoms with Crippen LogP contribution in [0.25, 0.3) is 11.1 Å². The lowest BCUT2D eigenvalue weighted by Crippen LogP contribution is -2.49. The number of hydrogen-bond donors (Lipinski definition) is 4. The van der Waals surface area contributed by atoms with Crippen molar-refractivity contribution in [3.63, 3.8) is 0 Å². The molecule has 0 saturated heterocycles. The molecule has 0 atom stereocenters. The average molecular weight is 577 g/mol. The molecule has 4 N–H and O–H groups in total. The van der Waals surface area contributed by atoms with Crippen LogP contribution < -0.4 is 10.2 Å². The van der Waals surface area contributed by atoms with Crippen LogP contribution in [0.4, 0.5) is 0 Å². The second-order valence-electron chi connectivity index (χ2n) is 9.25. The molecule has 2 amide bonds. The first-order valence-corrected chi connectivity index (χ1v) is 14.4. The molecule has 0 fully saturated rings. The number of para-hydroxylation sites is 1. The van der Waals surface area contributed by atoms with Crippen molar-refractivity contribution < 1.29 is 29.7 Å². The van der Waals surface area contributed by atoms with Crippen molar-refractivity contribution in [3.05, 3.63) is 112 Å². The number of carbonyl (C=O) groups is 2. The number of carbonyl (C=O) groups excluding carboxylic acids is 2. The topological polar surface area (TPSA) is 119 Å². The van der Waals surface area contributed by atoms with E-state index in [1.165, 1.54) is 5.48 Å². The van der Waals surface area contributed by atoms with Crippen molar-refractivity contribution in [2.45, 2.75) is 45.1 Å². The number of benzene rings is 3. The van der Waals surface area contributed by atoms with Gasteiger partial charge in [-0.15, -0.1) is 0 Å². The number of aliphatic hydroxyl groups is 2. The summed E-state index contributed by atoms with van der Waals surface area (Å²) in [6, 6.07) is 25.1. The Bertz CT molecular complexity index is 1330. The zero-order valence-electron chi connectivity index (χ0n) is 23.0. The first kappa shape index (κ1) is 31.5. The second kappa shape index (κ2) is 16.3. The standard InChI is InChI=1S/C31H33NO4S.CH3NO2/c1-2-3-4-10-20-36-29-14-9-8-11-26(29)22-32(31(34,35)28-12-6-5-7-13-28)30(33)25-17-15-24(16-18-25)27-19-21-37-23-27;3-1-2-4/h5-9,11-19,21,23,34-35H,2-4,10,20,22H2,1H3;1,4H,(H,2,3). The molecule has 3 aromatic carbocycles. The predicted octanol–water partition coefficient (Wildman–Crippen LogP) is 5.93. The number of hydroxylamine groups is 1. The van der Waals surface area contributed by atoms with Gasteiger partial charge in [0.05, 0.1) is 13.2 Å². The maximum absolute atomic E-state index is 13.8. The molecule has 4 aromatic rings. The quantitative estimate of drug-likeness (QED) is 0.0515. The maximum Gasteiger partial charge on any atom is 0.278 e. The van der Waals surface area contributed by atoms with E-state index in [9.17, 15) is 15.0 Å². The van der Waals surface area contributed by atoms with Gasteiger partial charge < -0.3 is 14.9 Å². The van der Waals surface area contributed by atoms with E-state index in [-0.39, 0.29) is 18.5 Å². The van der Waals surface area contributed by atoms with Crippen LogP contribution in [0.1, 0.15) is 54.1 Å². The molecule has 0 unspecified atom stereocenters. The van der Waals surface area contributed by atoms with Crippen molar-refractivity contribution in [2.24, 2.45) is 0 Å². The van der Waals surface area contributed by atoms with Gasteiger partial charge in [-0.05, 0) is 52.6 Å².